The van der Waals surface area contributed by atoms with Crippen LogP contribution < -0.4 is 10.6 Å². The van der Waals surface area contributed by atoms with Gasteiger partial charge in [-0.3, -0.25) is 9.48 Å². The Morgan fingerprint density at radius 2 is 2.14 bits per heavy atom. The van der Waals surface area contributed by atoms with E-state index >= 15 is 0 Å². The summed E-state index contributed by atoms with van der Waals surface area (Å²) in [4.78, 5) is 26.3. The highest BCUT2D eigenvalue weighted by Crippen LogP contribution is 2.28. The van der Waals surface area contributed by atoms with Crippen molar-refractivity contribution in [1.82, 2.24) is 20.0 Å². The van der Waals surface area contributed by atoms with Crippen LogP contribution in [0.15, 0.2) is 18.2 Å². The first-order chi connectivity index (χ1) is 13.2. The Morgan fingerprint density at radius 1 is 1.36 bits per heavy atom. The first kappa shape index (κ1) is 18.6. The van der Waals surface area contributed by atoms with Crippen LogP contribution >= 0.6 is 11.6 Å². The molecule has 148 valence electrons. The van der Waals surface area contributed by atoms with Crippen molar-refractivity contribution in [3.05, 3.63) is 46.0 Å². The predicted molar refractivity (Wildman–Crippen MR) is 94.0 cm³/mol. The summed E-state index contributed by atoms with van der Waals surface area (Å²) in [6.07, 6.45) is 0.325. The SMILES string of the molecule is O=C1NCC(F)(F)Cn2nc3c(c21)CN(C(=O)Nc1ccc(F)c(Cl)c1)CC3. The molecule has 2 aliphatic rings. The minimum atomic E-state index is -3.10. The highest BCUT2D eigenvalue weighted by atomic mass is 35.5. The fourth-order valence-corrected chi connectivity index (χ4v) is 3.49. The summed E-state index contributed by atoms with van der Waals surface area (Å²) in [5.41, 5.74) is 1.34. The molecule has 0 saturated carbocycles. The molecule has 7 nitrogen and oxygen atoms in total. The quantitative estimate of drug-likeness (QED) is 0.754. The van der Waals surface area contributed by atoms with Crippen LogP contribution in [-0.2, 0) is 19.5 Å². The number of fused-ring (bicyclic) bond motifs is 3. The number of rotatable bonds is 1. The lowest BCUT2D eigenvalue weighted by Gasteiger charge is -2.27. The molecule has 0 fully saturated rings. The van der Waals surface area contributed by atoms with Crippen molar-refractivity contribution in [2.45, 2.75) is 25.4 Å². The monoisotopic (exact) mass is 413 g/mol. The van der Waals surface area contributed by atoms with Gasteiger partial charge in [-0.05, 0) is 18.2 Å². The van der Waals surface area contributed by atoms with E-state index in [-0.39, 0.29) is 17.3 Å². The smallest absolute Gasteiger partial charge is 0.322 e. The average molecular weight is 414 g/mol. The number of nitrogens with one attached hydrogen (secondary N) is 2. The van der Waals surface area contributed by atoms with Crippen molar-refractivity contribution in [2.24, 2.45) is 0 Å². The molecule has 2 N–H and O–H groups in total. The van der Waals surface area contributed by atoms with Gasteiger partial charge >= 0.3 is 6.03 Å². The first-order valence-corrected chi connectivity index (χ1v) is 8.87. The van der Waals surface area contributed by atoms with Crippen molar-refractivity contribution in [3.8, 4) is 0 Å². The van der Waals surface area contributed by atoms with Crippen LogP contribution in [0.3, 0.4) is 0 Å². The van der Waals surface area contributed by atoms with E-state index in [4.69, 9.17) is 11.6 Å². The molecule has 1 aromatic heterocycles. The Hall–Kier alpha value is -2.75. The summed E-state index contributed by atoms with van der Waals surface area (Å²) in [6.45, 7) is -1.12. The van der Waals surface area contributed by atoms with E-state index < -0.39 is 36.8 Å². The summed E-state index contributed by atoms with van der Waals surface area (Å²) in [5.74, 6) is -4.35. The van der Waals surface area contributed by atoms with Crippen molar-refractivity contribution in [2.75, 3.05) is 18.4 Å². The average Bonchev–Trinajstić information content (AvgIpc) is 2.93. The van der Waals surface area contributed by atoms with E-state index in [2.05, 4.69) is 15.7 Å². The van der Waals surface area contributed by atoms with Crippen LogP contribution in [0.1, 0.15) is 21.7 Å². The van der Waals surface area contributed by atoms with Crippen LogP contribution in [0.4, 0.5) is 23.7 Å². The van der Waals surface area contributed by atoms with Gasteiger partial charge in [-0.25, -0.2) is 18.0 Å². The molecule has 11 heteroatoms. The van der Waals surface area contributed by atoms with Gasteiger partial charge in [0.1, 0.15) is 18.1 Å². The molecule has 28 heavy (non-hydrogen) atoms. The van der Waals surface area contributed by atoms with E-state index in [0.29, 0.717) is 29.9 Å². The Kier molecular flexibility index (Phi) is 4.45. The second kappa shape index (κ2) is 6.69. The maximum Gasteiger partial charge on any atom is 0.322 e. The zero-order chi connectivity index (χ0) is 20.1. The number of halogens is 4. The third-order valence-corrected chi connectivity index (χ3v) is 4.95. The van der Waals surface area contributed by atoms with Gasteiger partial charge < -0.3 is 15.5 Å². The summed E-state index contributed by atoms with van der Waals surface area (Å²) >= 11 is 5.71. The van der Waals surface area contributed by atoms with Crippen molar-refractivity contribution >= 4 is 29.2 Å². The van der Waals surface area contributed by atoms with Gasteiger partial charge in [0.2, 0.25) is 0 Å². The van der Waals surface area contributed by atoms with E-state index in [0.717, 1.165) is 10.7 Å². The second-order valence-corrected chi connectivity index (χ2v) is 7.11. The van der Waals surface area contributed by atoms with Crippen LogP contribution in [0.2, 0.25) is 5.02 Å². The van der Waals surface area contributed by atoms with Gasteiger partial charge in [0.25, 0.3) is 11.8 Å². The Balaban J connectivity index is 1.56. The van der Waals surface area contributed by atoms with Crippen LogP contribution in [0.5, 0.6) is 0 Å². The predicted octanol–water partition coefficient (Wildman–Crippen LogP) is 2.64. The van der Waals surface area contributed by atoms with E-state index in [1.807, 2.05) is 0 Å². The summed E-state index contributed by atoms with van der Waals surface area (Å²) < 4.78 is 41.9. The Morgan fingerprint density at radius 3 is 2.89 bits per heavy atom. The number of carbonyl (C=O) groups excluding carboxylic acids is 2. The molecule has 3 amide bonds. The van der Waals surface area contributed by atoms with Crippen molar-refractivity contribution in [3.63, 3.8) is 0 Å². The molecule has 0 radical (unpaired) electrons. The largest absolute Gasteiger partial charge is 0.345 e. The molecule has 3 heterocycles. The van der Waals surface area contributed by atoms with Crippen molar-refractivity contribution in [1.29, 1.82) is 0 Å². The molecular weight excluding hydrogens is 399 g/mol. The molecule has 0 atom stereocenters. The van der Waals surface area contributed by atoms with Gasteiger partial charge in [-0.1, -0.05) is 11.6 Å². The lowest BCUT2D eigenvalue weighted by molar-refractivity contribution is -0.0131. The molecule has 2 aromatic rings. The van der Waals surface area contributed by atoms with Gasteiger partial charge in [0.05, 0.1) is 23.8 Å². The maximum absolute atomic E-state index is 13.8. The van der Waals surface area contributed by atoms with Gasteiger partial charge in [-0.2, -0.15) is 5.10 Å². The van der Waals surface area contributed by atoms with Gasteiger partial charge in [0.15, 0.2) is 0 Å². The number of carbonyl (C=O) groups is 2. The number of amides is 3. The standard InChI is InChI=1S/C17H15ClF3N5O2/c18-11-5-9(1-2-12(11)19)23-16(28)25-4-3-13-10(6-25)14-15(27)22-7-17(20,21)8-26(14)24-13/h1-2,5H,3-4,6-8H2,(H,22,27)(H,23,28). The highest BCUT2D eigenvalue weighted by molar-refractivity contribution is 6.31. The third kappa shape index (κ3) is 3.39. The second-order valence-electron chi connectivity index (χ2n) is 6.70. The fourth-order valence-electron chi connectivity index (χ4n) is 3.31. The van der Waals surface area contributed by atoms with E-state index in [1.165, 1.54) is 17.0 Å². The Bertz CT molecular complexity index is 978. The van der Waals surface area contributed by atoms with Crippen LogP contribution in [0, 0.1) is 5.82 Å². The topological polar surface area (TPSA) is 79.3 Å². The molecule has 0 spiro atoms. The number of hydrogen-bond donors (Lipinski definition) is 2. The van der Waals surface area contributed by atoms with Crippen LogP contribution in [0.25, 0.3) is 0 Å². The van der Waals surface area contributed by atoms with E-state index in [1.54, 1.807) is 0 Å². The lowest BCUT2D eigenvalue weighted by atomic mass is 10.1. The number of benzene rings is 1. The Labute approximate surface area is 162 Å². The zero-order valence-corrected chi connectivity index (χ0v) is 15.2. The molecule has 0 unspecified atom stereocenters. The number of hydrogen-bond acceptors (Lipinski definition) is 3. The fraction of sp³-hybridized carbons (Fsp3) is 0.353. The normalized spacial score (nSPS) is 18.0. The van der Waals surface area contributed by atoms with Gasteiger partial charge in [-0.15, -0.1) is 0 Å². The number of alkyl halides is 2. The molecule has 0 saturated heterocycles. The number of aromatic nitrogens is 2. The maximum atomic E-state index is 13.8. The van der Waals surface area contributed by atoms with Crippen LogP contribution in [-0.4, -0.2) is 45.6 Å². The molecule has 0 bridgehead atoms. The molecule has 2 aliphatic heterocycles. The minimum absolute atomic E-state index is 0.0460. The van der Waals surface area contributed by atoms with Gasteiger partial charge in [0, 0.05) is 24.2 Å². The minimum Gasteiger partial charge on any atom is -0.345 e. The lowest BCUT2D eigenvalue weighted by Crippen LogP contribution is -2.40. The zero-order valence-electron chi connectivity index (χ0n) is 14.4. The molecule has 0 aliphatic carbocycles. The molecule has 1 aromatic carbocycles. The summed E-state index contributed by atoms with van der Waals surface area (Å²) in [6, 6.07) is 3.31. The summed E-state index contributed by atoms with van der Waals surface area (Å²) in [7, 11) is 0. The molecular formula is C17H15ClF3N5O2. The highest BCUT2D eigenvalue weighted by Gasteiger charge is 2.39. The first-order valence-electron chi connectivity index (χ1n) is 8.49. The number of urea groups is 1. The number of nitrogens with zero attached hydrogens (tertiary/aromatic N) is 3. The third-order valence-electron chi connectivity index (χ3n) is 4.66. The summed E-state index contributed by atoms with van der Waals surface area (Å²) in [5, 5.41) is 8.84. The van der Waals surface area contributed by atoms with Crippen molar-refractivity contribution < 1.29 is 22.8 Å². The number of anilines is 1. The van der Waals surface area contributed by atoms with E-state index in [9.17, 15) is 22.8 Å². The molecule has 4 rings (SSSR count).